The summed E-state index contributed by atoms with van der Waals surface area (Å²) in [5, 5.41) is 40.7. The fourth-order valence-electron chi connectivity index (χ4n) is 2.50. The number of aromatic nitrogens is 2. The molecule has 1 aliphatic rings. The van der Waals surface area contributed by atoms with Gasteiger partial charge in [-0.3, -0.25) is 9.59 Å². The quantitative estimate of drug-likeness (QED) is 0.430. The number of nitrogens with zero attached hydrogens (tertiary/aromatic N) is 2. The Morgan fingerprint density at radius 2 is 2.05 bits per heavy atom. The van der Waals surface area contributed by atoms with Gasteiger partial charge in [0.25, 0.3) is 0 Å². The molecular formula is C12H17N3O6. The number of aliphatic hydroxyl groups excluding tert-OH is 3. The molecule has 1 aromatic heterocycles. The number of carboxylic acids is 1. The lowest BCUT2D eigenvalue weighted by molar-refractivity contribution is -0.136. The van der Waals surface area contributed by atoms with E-state index in [1.54, 1.807) is 0 Å². The molecule has 21 heavy (non-hydrogen) atoms. The van der Waals surface area contributed by atoms with Crippen LogP contribution in [0.5, 0.6) is 0 Å². The van der Waals surface area contributed by atoms with Crippen LogP contribution in [0.25, 0.3) is 0 Å². The van der Waals surface area contributed by atoms with Crippen molar-refractivity contribution in [2.45, 2.75) is 37.6 Å². The van der Waals surface area contributed by atoms with Gasteiger partial charge in [0, 0.05) is 13.1 Å². The zero-order valence-corrected chi connectivity index (χ0v) is 11.3. The lowest BCUT2D eigenvalue weighted by Gasteiger charge is -2.37. The standard InChI is InChI=1S/C12H17N3O6/c1-5(17)13-9-11(21)10(20)7(4-16)15-3-6(2-8(18)19)14-12(9)15/h3,7,9-11,16,20-21H,2,4H2,1H3,(H,13,17)(H,18,19)/t7-,9+,10-,11+/m1/s1. The molecule has 9 nitrogen and oxygen atoms in total. The smallest absolute Gasteiger partial charge is 0.309 e. The Morgan fingerprint density at radius 3 is 2.57 bits per heavy atom. The molecule has 0 saturated heterocycles. The van der Waals surface area contributed by atoms with Crippen LogP contribution < -0.4 is 5.32 Å². The second-order valence-electron chi connectivity index (χ2n) is 4.98. The average Bonchev–Trinajstić information content (AvgIpc) is 2.77. The molecule has 0 saturated carbocycles. The summed E-state index contributed by atoms with van der Waals surface area (Å²) in [5.74, 6) is -1.30. The summed E-state index contributed by atoms with van der Waals surface area (Å²) >= 11 is 0. The number of rotatable bonds is 4. The zero-order valence-electron chi connectivity index (χ0n) is 11.3. The van der Waals surface area contributed by atoms with Crippen LogP contribution in [-0.2, 0) is 16.0 Å². The molecule has 0 radical (unpaired) electrons. The summed E-state index contributed by atoms with van der Waals surface area (Å²) < 4.78 is 1.40. The lowest BCUT2D eigenvalue weighted by Crippen LogP contribution is -2.51. The molecule has 0 aliphatic carbocycles. The van der Waals surface area contributed by atoms with Gasteiger partial charge < -0.3 is 30.3 Å². The second-order valence-corrected chi connectivity index (χ2v) is 4.98. The Morgan fingerprint density at radius 1 is 1.38 bits per heavy atom. The maximum Gasteiger partial charge on any atom is 0.309 e. The van der Waals surface area contributed by atoms with Gasteiger partial charge in [-0.1, -0.05) is 0 Å². The number of aliphatic carboxylic acids is 1. The molecule has 1 aliphatic heterocycles. The van der Waals surface area contributed by atoms with Gasteiger partial charge in [0.1, 0.15) is 24.1 Å². The largest absolute Gasteiger partial charge is 0.481 e. The molecule has 0 unspecified atom stereocenters. The van der Waals surface area contributed by atoms with Crippen LogP contribution in [0.1, 0.15) is 30.5 Å². The third-order valence-corrected chi connectivity index (χ3v) is 3.41. The van der Waals surface area contributed by atoms with E-state index in [1.165, 1.54) is 17.7 Å². The summed E-state index contributed by atoms with van der Waals surface area (Å²) in [6.45, 7) is 0.795. The van der Waals surface area contributed by atoms with Crippen molar-refractivity contribution in [2.75, 3.05) is 6.61 Å². The van der Waals surface area contributed by atoms with E-state index >= 15 is 0 Å². The summed E-state index contributed by atoms with van der Waals surface area (Å²) in [6, 6.07) is -1.82. The number of hydrogen-bond donors (Lipinski definition) is 5. The third-order valence-electron chi connectivity index (χ3n) is 3.41. The first kappa shape index (κ1) is 15.4. The average molecular weight is 299 g/mol. The summed E-state index contributed by atoms with van der Waals surface area (Å²) in [4.78, 5) is 26.1. The monoisotopic (exact) mass is 299 g/mol. The SMILES string of the molecule is CC(=O)N[C@@H]1c2nc(CC(=O)O)cn2[C@H](CO)[C@@H](O)[C@H]1O. The maximum absolute atomic E-state index is 11.2. The Labute approximate surface area is 119 Å². The fraction of sp³-hybridized carbons (Fsp3) is 0.583. The van der Waals surface area contributed by atoms with E-state index in [4.69, 9.17) is 5.11 Å². The van der Waals surface area contributed by atoms with Crippen LogP contribution in [0.3, 0.4) is 0 Å². The van der Waals surface area contributed by atoms with E-state index in [1.807, 2.05) is 0 Å². The minimum absolute atomic E-state index is 0.207. The van der Waals surface area contributed by atoms with Crippen LogP contribution in [0.15, 0.2) is 6.20 Å². The van der Waals surface area contributed by atoms with Crippen molar-refractivity contribution < 1.29 is 30.0 Å². The summed E-state index contributed by atoms with van der Waals surface area (Å²) in [7, 11) is 0. The number of nitrogens with one attached hydrogen (secondary N) is 1. The highest BCUT2D eigenvalue weighted by Gasteiger charge is 2.42. The van der Waals surface area contributed by atoms with Gasteiger partial charge in [0.05, 0.1) is 24.8 Å². The van der Waals surface area contributed by atoms with Crippen LogP contribution in [0.2, 0.25) is 0 Å². The predicted octanol–water partition coefficient (Wildman–Crippen LogP) is -2.04. The zero-order chi connectivity index (χ0) is 15.7. The first-order chi connectivity index (χ1) is 9.85. The van der Waals surface area contributed by atoms with E-state index in [-0.39, 0.29) is 17.9 Å². The minimum atomic E-state index is -1.35. The topological polar surface area (TPSA) is 145 Å². The van der Waals surface area contributed by atoms with Gasteiger partial charge in [-0.2, -0.15) is 0 Å². The number of aliphatic hydroxyl groups is 3. The van der Waals surface area contributed by atoms with Crippen molar-refractivity contribution in [1.82, 2.24) is 14.9 Å². The maximum atomic E-state index is 11.2. The Balaban J connectivity index is 2.45. The van der Waals surface area contributed by atoms with E-state index in [2.05, 4.69) is 10.3 Å². The van der Waals surface area contributed by atoms with Crippen LogP contribution in [0.4, 0.5) is 0 Å². The van der Waals surface area contributed by atoms with Gasteiger partial charge in [-0.15, -0.1) is 0 Å². The Kier molecular flexibility index (Phi) is 4.26. The first-order valence-corrected chi connectivity index (χ1v) is 6.38. The molecule has 9 heteroatoms. The number of fused-ring (bicyclic) bond motifs is 1. The molecule has 5 N–H and O–H groups in total. The molecule has 1 aromatic rings. The van der Waals surface area contributed by atoms with Crippen LogP contribution >= 0.6 is 0 Å². The molecular weight excluding hydrogens is 282 g/mol. The van der Waals surface area contributed by atoms with E-state index in [0.717, 1.165) is 0 Å². The third kappa shape index (κ3) is 2.89. The number of amides is 1. The lowest BCUT2D eigenvalue weighted by atomic mass is 9.94. The number of carboxylic acid groups (broad SMARTS) is 1. The summed E-state index contributed by atoms with van der Waals surface area (Å²) in [6.07, 6.45) is -1.60. The molecule has 0 fully saturated rings. The van der Waals surface area contributed by atoms with Crippen molar-refractivity contribution in [2.24, 2.45) is 0 Å². The van der Waals surface area contributed by atoms with Crippen molar-refractivity contribution in [1.29, 1.82) is 0 Å². The highest BCUT2D eigenvalue weighted by molar-refractivity contribution is 5.73. The summed E-state index contributed by atoms with van der Waals surface area (Å²) in [5.41, 5.74) is 0.215. The van der Waals surface area contributed by atoms with E-state index in [0.29, 0.717) is 0 Å². The molecule has 1 amide bonds. The van der Waals surface area contributed by atoms with Crippen molar-refractivity contribution in [3.63, 3.8) is 0 Å². The van der Waals surface area contributed by atoms with Crippen molar-refractivity contribution in [3.8, 4) is 0 Å². The molecule has 0 spiro atoms. The molecule has 4 atom stereocenters. The second kappa shape index (κ2) is 5.80. The highest BCUT2D eigenvalue weighted by Crippen LogP contribution is 2.32. The van der Waals surface area contributed by atoms with Gasteiger partial charge in [-0.05, 0) is 0 Å². The number of imidazole rings is 1. The van der Waals surface area contributed by atoms with Crippen LogP contribution in [0, 0.1) is 0 Å². The normalized spacial score (nSPS) is 28.0. The molecule has 2 heterocycles. The van der Waals surface area contributed by atoms with E-state index < -0.39 is 42.8 Å². The van der Waals surface area contributed by atoms with Gasteiger partial charge >= 0.3 is 5.97 Å². The fourth-order valence-corrected chi connectivity index (χ4v) is 2.50. The van der Waals surface area contributed by atoms with E-state index in [9.17, 15) is 24.9 Å². The predicted molar refractivity (Wildman–Crippen MR) is 68.3 cm³/mol. The molecule has 0 bridgehead atoms. The van der Waals surface area contributed by atoms with Crippen molar-refractivity contribution >= 4 is 11.9 Å². The highest BCUT2D eigenvalue weighted by atomic mass is 16.4. The molecule has 0 aromatic carbocycles. The van der Waals surface area contributed by atoms with Crippen LogP contribution in [-0.4, -0.2) is 60.7 Å². The first-order valence-electron chi connectivity index (χ1n) is 6.38. The molecule has 2 rings (SSSR count). The molecule has 116 valence electrons. The van der Waals surface area contributed by atoms with Gasteiger partial charge in [0.15, 0.2) is 0 Å². The van der Waals surface area contributed by atoms with Gasteiger partial charge in [0.2, 0.25) is 5.91 Å². The Hall–Kier alpha value is -1.97. The Bertz CT molecular complexity index is 557. The number of hydrogen-bond acceptors (Lipinski definition) is 6. The van der Waals surface area contributed by atoms with Gasteiger partial charge in [-0.25, -0.2) is 4.98 Å². The minimum Gasteiger partial charge on any atom is -0.481 e. The number of carbonyl (C=O) groups excluding carboxylic acids is 1. The van der Waals surface area contributed by atoms with Crippen molar-refractivity contribution in [3.05, 3.63) is 17.7 Å². The number of carbonyl (C=O) groups is 2.